The Bertz CT molecular complexity index is 1370. The lowest BCUT2D eigenvalue weighted by Crippen LogP contribution is -2.21. The fourth-order valence-electron chi connectivity index (χ4n) is 4.24. The van der Waals surface area contributed by atoms with E-state index in [1.807, 2.05) is 30.3 Å². The number of nitrogens with one attached hydrogen (secondary N) is 2. The second-order valence-corrected chi connectivity index (χ2v) is 9.36. The molecule has 0 saturated carbocycles. The predicted octanol–water partition coefficient (Wildman–Crippen LogP) is 7.94. The van der Waals surface area contributed by atoms with E-state index in [0.717, 1.165) is 27.7 Å². The first-order valence-corrected chi connectivity index (χ1v) is 12.3. The van der Waals surface area contributed by atoms with Crippen molar-refractivity contribution in [2.24, 2.45) is 0 Å². The molecule has 0 bridgehead atoms. The van der Waals surface area contributed by atoms with Crippen LogP contribution in [0, 0.1) is 0 Å². The molecule has 4 rings (SSSR count). The number of anilines is 2. The summed E-state index contributed by atoms with van der Waals surface area (Å²) in [5.74, 6) is 3.03. The molecule has 37 heavy (non-hydrogen) atoms. The van der Waals surface area contributed by atoms with Gasteiger partial charge in [-0.05, 0) is 59.4 Å². The monoisotopic (exact) mass is 499 g/mol. The summed E-state index contributed by atoms with van der Waals surface area (Å²) < 4.78 is 16.9. The number of benzene rings is 3. The highest BCUT2D eigenvalue weighted by Gasteiger charge is 2.16. The van der Waals surface area contributed by atoms with E-state index in [1.165, 1.54) is 0 Å². The molecule has 0 unspecified atom stereocenters. The number of hydrogen-bond donors (Lipinski definition) is 2. The van der Waals surface area contributed by atoms with Crippen molar-refractivity contribution >= 4 is 28.3 Å². The first-order valence-electron chi connectivity index (χ1n) is 12.3. The first-order chi connectivity index (χ1) is 17.8. The molecule has 7 nitrogen and oxygen atoms in total. The van der Waals surface area contributed by atoms with Gasteiger partial charge in [-0.2, -0.15) is 0 Å². The molecule has 0 fully saturated rings. The van der Waals surface area contributed by atoms with E-state index in [1.54, 1.807) is 38.6 Å². The molecule has 0 radical (unpaired) electrons. The molecule has 0 aliphatic heterocycles. The first kappa shape index (κ1) is 25.8. The third-order valence-electron chi connectivity index (χ3n) is 6.16. The lowest BCUT2D eigenvalue weighted by molar-refractivity contribution is 0.262. The van der Waals surface area contributed by atoms with Gasteiger partial charge in [-0.25, -0.2) is 4.79 Å². The maximum absolute atomic E-state index is 12.9. The summed E-state index contributed by atoms with van der Waals surface area (Å²) in [6.07, 6.45) is 1.68. The average molecular weight is 500 g/mol. The van der Waals surface area contributed by atoms with E-state index < -0.39 is 0 Å². The Morgan fingerprint density at radius 3 is 2.00 bits per heavy atom. The number of methoxy groups -OCH3 is 2. The predicted molar refractivity (Wildman–Crippen MR) is 149 cm³/mol. The van der Waals surface area contributed by atoms with E-state index in [2.05, 4.69) is 55.4 Å². The summed E-state index contributed by atoms with van der Waals surface area (Å²) in [5, 5.41) is 6.80. The topological polar surface area (TPSA) is 81.7 Å². The summed E-state index contributed by atoms with van der Waals surface area (Å²) in [4.78, 5) is 17.3. The fraction of sp³-hybridized carbons (Fsp3) is 0.267. The van der Waals surface area contributed by atoms with Crippen molar-refractivity contribution in [1.82, 2.24) is 4.98 Å². The van der Waals surface area contributed by atoms with Gasteiger partial charge in [-0.15, -0.1) is 0 Å². The van der Waals surface area contributed by atoms with Crippen LogP contribution < -0.4 is 24.8 Å². The fourth-order valence-corrected chi connectivity index (χ4v) is 4.24. The highest BCUT2D eigenvalue weighted by molar-refractivity contribution is 6.01. The molecule has 0 aliphatic rings. The highest BCUT2D eigenvalue weighted by atomic mass is 16.5. The maximum Gasteiger partial charge on any atom is 0.323 e. The van der Waals surface area contributed by atoms with Gasteiger partial charge in [0.2, 0.25) is 0 Å². The van der Waals surface area contributed by atoms with Crippen LogP contribution in [0.2, 0.25) is 0 Å². The van der Waals surface area contributed by atoms with Crippen molar-refractivity contribution in [1.29, 1.82) is 0 Å². The lowest BCUT2D eigenvalue weighted by atomic mass is 9.93. The van der Waals surface area contributed by atoms with Gasteiger partial charge in [-0.1, -0.05) is 45.9 Å². The maximum atomic E-state index is 12.9. The second kappa shape index (κ2) is 11.2. The summed E-state index contributed by atoms with van der Waals surface area (Å²) in [6, 6.07) is 18.6. The number of pyridine rings is 1. The second-order valence-electron chi connectivity index (χ2n) is 9.36. The van der Waals surface area contributed by atoms with Crippen LogP contribution in [0.5, 0.6) is 23.0 Å². The Kier molecular flexibility index (Phi) is 7.82. The van der Waals surface area contributed by atoms with Gasteiger partial charge >= 0.3 is 6.03 Å². The van der Waals surface area contributed by atoms with Crippen LogP contribution in [0.1, 0.15) is 50.7 Å². The molecular weight excluding hydrogens is 466 g/mol. The zero-order chi connectivity index (χ0) is 26.5. The van der Waals surface area contributed by atoms with Crippen molar-refractivity contribution in [3.8, 4) is 23.0 Å². The van der Waals surface area contributed by atoms with E-state index in [4.69, 9.17) is 14.2 Å². The summed E-state index contributed by atoms with van der Waals surface area (Å²) >= 11 is 0. The molecule has 0 atom stereocenters. The van der Waals surface area contributed by atoms with E-state index in [9.17, 15) is 4.79 Å². The van der Waals surface area contributed by atoms with Crippen LogP contribution in [0.15, 0.2) is 66.9 Å². The number of nitrogens with zero attached hydrogens (tertiary/aromatic N) is 1. The van der Waals surface area contributed by atoms with Crippen LogP contribution >= 0.6 is 0 Å². The van der Waals surface area contributed by atoms with Gasteiger partial charge < -0.3 is 24.8 Å². The number of hydrogen-bond acceptors (Lipinski definition) is 5. The van der Waals surface area contributed by atoms with E-state index in [0.29, 0.717) is 28.7 Å². The molecule has 1 aromatic heterocycles. The summed E-state index contributed by atoms with van der Waals surface area (Å²) in [5.41, 5.74) is 4.49. The molecule has 2 amide bonds. The molecule has 0 aliphatic carbocycles. The largest absolute Gasteiger partial charge is 0.493 e. The number of rotatable bonds is 8. The Morgan fingerprint density at radius 1 is 0.784 bits per heavy atom. The Balaban J connectivity index is 1.50. The molecule has 2 N–H and O–H groups in total. The molecular formula is C30H33N3O4. The smallest absolute Gasteiger partial charge is 0.323 e. The van der Waals surface area contributed by atoms with Gasteiger partial charge in [0, 0.05) is 29.0 Å². The van der Waals surface area contributed by atoms with Crippen LogP contribution in [0.4, 0.5) is 16.2 Å². The third kappa shape index (κ3) is 5.77. The van der Waals surface area contributed by atoms with Crippen LogP contribution in [0.25, 0.3) is 10.9 Å². The Labute approximate surface area is 217 Å². The quantitative estimate of drug-likeness (QED) is 0.257. The zero-order valence-corrected chi connectivity index (χ0v) is 22.1. The van der Waals surface area contributed by atoms with Gasteiger partial charge in [0.05, 0.1) is 19.7 Å². The Hall–Kier alpha value is -4.26. The number of carbonyl (C=O) groups excluding carboxylic acids is 1. The molecule has 4 aromatic rings. The molecule has 3 aromatic carbocycles. The van der Waals surface area contributed by atoms with Gasteiger partial charge in [0.25, 0.3) is 0 Å². The average Bonchev–Trinajstić information content (AvgIpc) is 2.89. The number of aromatic nitrogens is 1. The zero-order valence-electron chi connectivity index (χ0n) is 22.1. The standard InChI is InChI=1S/C30H33N3O4/c1-18(2)22-8-7-9-23(19(3)4)29(22)33-30(34)32-20-10-12-21(13-11-20)37-26-14-15-31-25-17-28(36-6)27(35-5)16-24(25)26/h7-19H,1-6H3,(H2,32,33,34). The SMILES string of the molecule is COc1cc2nccc(Oc3ccc(NC(=O)Nc4c(C(C)C)cccc4C(C)C)cc3)c2cc1OC. The van der Waals surface area contributed by atoms with Crippen molar-refractivity contribution in [2.75, 3.05) is 24.9 Å². The Morgan fingerprint density at radius 2 is 1.41 bits per heavy atom. The minimum atomic E-state index is -0.287. The number of amides is 2. The van der Waals surface area contributed by atoms with Crippen molar-refractivity contribution < 1.29 is 19.0 Å². The molecule has 192 valence electrons. The third-order valence-corrected chi connectivity index (χ3v) is 6.16. The minimum Gasteiger partial charge on any atom is -0.493 e. The van der Waals surface area contributed by atoms with E-state index in [-0.39, 0.29) is 17.9 Å². The molecule has 7 heteroatoms. The number of para-hydroxylation sites is 1. The number of urea groups is 1. The van der Waals surface area contributed by atoms with Crippen LogP contribution in [0.3, 0.4) is 0 Å². The summed E-state index contributed by atoms with van der Waals surface area (Å²) in [6.45, 7) is 8.50. The van der Waals surface area contributed by atoms with E-state index >= 15 is 0 Å². The normalized spacial score (nSPS) is 11.0. The van der Waals surface area contributed by atoms with Crippen LogP contribution in [-0.2, 0) is 0 Å². The minimum absolute atomic E-state index is 0.287. The molecule has 1 heterocycles. The van der Waals surface area contributed by atoms with Gasteiger partial charge in [0.1, 0.15) is 11.5 Å². The lowest BCUT2D eigenvalue weighted by Gasteiger charge is -2.20. The van der Waals surface area contributed by atoms with Crippen molar-refractivity contribution in [3.63, 3.8) is 0 Å². The number of fused-ring (bicyclic) bond motifs is 1. The molecule has 0 saturated heterocycles. The number of carbonyl (C=O) groups is 1. The summed E-state index contributed by atoms with van der Waals surface area (Å²) in [7, 11) is 3.18. The van der Waals surface area contributed by atoms with Gasteiger partial charge in [-0.3, -0.25) is 4.98 Å². The van der Waals surface area contributed by atoms with Crippen LogP contribution in [-0.4, -0.2) is 25.2 Å². The highest BCUT2D eigenvalue weighted by Crippen LogP contribution is 2.37. The number of ether oxygens (including phenoxy) is 3. The van der Waals surface area contributed by atoms with Gasteiger partial charge in [0.15, 0.2) is 11.5 Å². The molecule has 0 spiro atoms. The van der Waals surface area contributed by atoms with Crippen molar-refractivity contribution in [3.05, 3.63) is 78.0 Å². The van der Waals surface area contributed by atoms with Crippen molar-refractivity contribution in [2.45, 2.75) is 39.5 Å².